The van der Waals surface area contributed by atoms with Crippen molar-refractivity contribution in [1.82, 2.24) is 0 Å². The van der Waals surface area contributed by atoms with Crippen LogP contribution in [0, 0.1) is 0 Å². The fourth-order valence-corrected chi connectivity index (χ4v) is 3.50. The summed E-state index contributed by atoms with van der Waals surface area (Å²) in [5.74, 6) is -0.713. The Morgan fingerprint density at radius 3 is 1.86 bits per heavy atom. The molecule has 1 aliphatic carbocycles. The predicted molar refractivity (Wildman–Crippen MR) is 122 cm³/mol. The Balaban J connectivity index is 2.39. The zero-order valence-corrected chi connectivity index (χ0v) is 18.5. The number of rotatable bonds is 12. The molecule has 2 nitrogen and oxygen atoms in total. The van der Waals surface area contributed by atoms with Crippen molar-refractivity contribution in [2.24, 2.45) is 0 Å². The number of carboxylic acid groups (broad SMARTS) is 1. The molecule has 1 aliphatic rings. The van der Waals surface area contributed by atoms with E-state index >= 15 is 0 Å². The lowest BCUT2D eigenvalue weighted by atomic mass is 9.97. The zero-order chi connectivity index (χ0) is 20.8. The third kappa shape index (κ3) is 12.5. The molecule has 2 heteroatoms. The monoisotopic (exact) mass is 384 g/mol. The van der Waals surface area contributed by atoms with Gasteiger partial charge in [-0.25, -0.2) is 0 Å². The molecule has 1 N–H and O–H groups in total. The maximum absolute atomic E-state index is 10.7. The third-order valence-corrected chi connectivity index (χ3v) is 5.23. The molecule has 0 amide bonds. The first-order valence-corrected chi connectivity index (χ1v) is 10.9. The van der Waals surface area contributed by atoms with Crippen molar-refractivity contribution < 1.29 is 9.90 Å². The molecule has 1 rings (SSSR count). The van der Waals surface area contributed by atoms with Crippen LogP contribution in [0.25, 0.3) is 0 Å². The summed E-state index contributed by atoms with van der Waals surface area (Å²) in [7, 11) is 0. The van der Waals surface area contributed by atoms with Crippen LogP contribution in [0.1, 0.15) is 98.3 Å². The van der Waals surface area contributed by atoms with Crippen LogP contribution >= 0.6 is 0 Å². The van der Waals surface area contributed by atoms with Crippen LogP contribution in [-0.2, 0) is 4.79 Å². The molecule has 0 unspecified atom stereocenters. The van der Waals surface area contributed by atoms with Crippen molar-refractivity contribution in [2.45, 2.75) is 98.3 Å². The van der Waals surface area contributed by atoms with Gasteiger partial charge in [0.05, 0.1) is 0 Å². The second kappa shape index (κ2) is 14.2. The highest BCUT2D eigenvalue weighted by Gasteiger charge is 2.06. The molecule has 0 saturated heterocycles. The van der Waals surface area contributed by atoms with Gasteiger partial charge in [-0.2, -0.15) is 0 Å². The van der Waals surface area contributed by atoms with Crippen LogP contribution in [0.15, 0.2) is 58.2 Å². The first-order valence-electron chi connectivity index (χ1n) is 10.9. The van der Waals surface area contributed by atoms with Gasteiger partial charge in [-0.3, -0.25) is 4.79 Å². The Hall–Kier alpha value is -1.83. The maximum atomic E-state index is 10.7. The van der Waals surface area contributed by atoms with Gasteiger partial charge in [0.25, 0.3) is 0 Å². The topological polar surface area (TPSA) is 37.3 Å². The van der Waals surface area contributed by atoms with E-state index in [1.165, 1.54) is 29.6 Å². The van der Waals surface area contributed by atoms with E-state index in [0.29, 0.717) is 6.42 Å². The summed E-state index contributed by atoms with van der Waals surface area (Å²) in [5.41, 5.74) is 7.24. The summed E-state index contributed by atoms with van der Waals surface area (Å²) in [6.07, 6.45) is 22.9. The van der Waals surface area contributed by atoms with E-state index in [2.05, 4.69) is 51.2 Å². The van der Waals surface area contributed by atoms with E-state index in [-0.39, 0.29) is 6.42 Å². The quantitative estimate of drug-likeness (QED) is 0.345. The summed E-state index contributed by atoms with van der Waals surface area (Å²) < 4.78 is 0. The van der Waals surface area contributed by atoms with Gasteiger partial charge in [-0.05, 0) is 91.9 Å². The second-order valence-electron chi connectivity index (χ2n) is 8.37. The molecular formula is C26H40O2. The SMILES string of the molecule is CC(C)=CCC/C(C)=C/CCC1=CCCC=C(CC/C=C(\C)CCC(=O)O)C1. The Labute approximate surface area is 172 Å². The summed E-state index contributed by atoms with van der Waals surface area (Å²) in [6.45, 7) is 8.62. The zero-order valence-electron chi connectivity index (χ0n) is 18.5. The maximum Gasteiger partial charge on any atom is 0.303 e. The highest BCUT2D eigenvalue weighted by atomic mass is 16.4. The van der Waals surface area contributed by atoms with Crippen LogP contribution in [0.3, 0.4) is 0 Å². The van der Waals surface area contributed by atoms with Gasteiger partial charge in [0.2, 0.25) is 0 Å². The van der Waals surface area contributed by atoms with E-state index in [1.54, 1.807) is 11.1 Å². The number of carbonyl (C=O) groups is 1. The van der Waals surface area contributed by atoms with E-state index < -0.39 is 5.97 Å². The smallest absolute Gasteiger partial charge is 0.303 e. The molecule has 0 saturated carbocycles. The van der Waals surface area contributed by atoms with Gasteiger partial charge in [0, 0.05) is 6.42 Å². The second-order valence-corrected chi connectivity index (χ2v) is 8.37. The van der Waals surface area contributed by atoms with Crippen molar-refractivity contribution in [1.29, 1.82) is 0 Å². The standard InChI is InChI=1S/C26H40O2/c1-21(2)10-7-11-22(3)12-8-16-24-14-5-6-15-25(20-24)17-9-13-23(4)18-19-26(27)28/h10,12-15H,5-9,11,16-20H2,1-4H3,(H,27,28)/b22-12+,23-13+. The largest absolute Gasteiger partial charge is 0.481 e. The Morgan fingerprint density at radius 2 is 1.36 bits per heavy atom. The number of allylic oxidation sites excluding steroid dienone is 10. The van der Waals surface area contributed by atoms with E-state index in [0.717, 1.165) is 44.9 Å². The molecule has 0 aromatic heterocycles. The molecule has 0 atom stereocenters. The van der Waals surface area contributed by atoms with Crippen LogP contribution in [-0.4, -0.2) is 11.1 Å². The third-order valence-electron chi connectivity index (χ3n) is 5.23. The van der Waals surface area contributed by atoms with Crippen molar-refractivity contribution >= 4 is 5.97 Å². The van der Waals surface area contributed by atoms with Gasteiger partial charge < -0.3 is 5.11 Å². The van der Waals surface area contributed by atoms with E-state index in [1.807, 2.05) is 6.92 Å². The summed E-state index contributed by atoms with van der Waals surface area (Å²) >= 11 is 0. The van der Waals surface area contributed by atoms with Crippen LogP contribution < -0.4 is 0 Å². The minimum absolute atomic E-state index is 0.235. The highest BCUT2D eigenvalue weighted by Crippen LogP contribution is 2.26. The fourth-order valence-electron chi connectivity index (χ4n) is 3.50. The minimum atomic E-state index is -0.713. The van der Waals surface area contributed by atoms with Gasteiger partial charge in [0.15, 0.2) is 0 Å². The van der Waals surface area contributed by atoms with Gasteiger partial charge >= 0.3 is 5.97 Å². The summed E-state index contributed by atoms with van der Waals surface area (Å²) in [4.78, 5) is 10.7. The molecule has 0 aromatic carbocycles. The number of hydrogen-bond acceptors (Lipinski definition) is 1. The van der Waals surface area contributed by atoms with Gasteiger partial charge in [-0.1, -0.05) is 58.2 Å². The first-order chi connectivity index (χ1) is 13.4. The lowest BCUT2D eigenvalue weighted by molar-refractivity contribution is -0.136. The average Bonchev–Trinajstić information content (AvgIpc) is 2.85. The summed E-state index contributed by atoms with van der Waals surface area (Å²) in [5, 5.41) is 8.77. The molecule has 28 heavy (non-hydrogen) atoms. The highest BCUT2D eigenvalue weighted by molar-refractivity contribution is 5.66. The average molecular weight is 385 g/mol. The Kier molecular flexibility index (Phi) is 12.3. The van der Waals surface area contributed by atoms with Crippen molar-refractivity contribution in [3.05, 3.63) is 58.2 Å². The van der Waals surface area contributed by atoms with Crippen LogP contribution in [0.4, 0.5) is 0 Å². The fraction of sp³-hybridized carbons (Fsp3) is 0.577. The Morgan fingerprint density at radius 1 is 0.821 bits per heavy atom. The minimum Gasteiger partial charge on any atom is -0.481 e. The molecule has 0 heterocycles. The summed E-state index contributed by atoms with van der Waals surface area (Å²) in [6, 6.07) is 0. The van der Waals surface area contributed by atoms with Gasteiger partial charge in [0.1, 0.15) is 0 Å². The van der Waals surface area contributed by atoms with E-state index in [9.17, 15) is 4.79 Å². The molecule has 0 aromatic rings. The lowest BCUT2D eigenvalue weighted by Crippen LogP contribution is -1.94. The first kappa shape index (κ1) is 24.2. The molecular weight excluding hydrogens is 344 g/mol. The number of aliphatic carboxylic acids is 1. The molecule has 0 bridgehead atoms. The molecule has 0 aliphatic heterocycles. The molecule has 0 spiro atoms. The Bertz CT molecular complexity index is 637. The number of carboxylic acids is 1. The molecule has 0 radical (unpaired) electrons. The van der Waals surface area contributed by atoms with Crippen molar-refractivity contribution in [2.75, 3.05) is 0 Å². The lowest BCUT2D eigenvalue weighted by Gasteiger charge is -2.09. The normalized spacial score (nSPS) is 15.6. The van der Waals surface area contributed by atoms with Crippen molar-refractivity contribution in [3.63, 3.8) is 0 Å². The molecule has 156 valence electrons. The number of hydrogen-bond donors (Lipinski definition) is 1. The van der Waals surface area contributed by atoms with Crippen LogP contribution in [0.5, 0.6) is 0 Å². The van der Waals surface area contributed by atoms with E-state index in [4.69, 9.17) is 5.11 Å². The van der Waals surface area contributed by atoms with Crippen LogP contribution in [0.2, 0.25) is 0 Å². The van der Waals surface area contributed by atoms with Crippen molar-refractivity contribution in [3.8, 4) is 0 Å². The predicted octanol–water partition coefficient (Wildman–Crippen LogP) is 8.09. The van der Waals surface area contributed by atoms with Gasteiger partial charge in [-0.15, -0.1) is 0 Å². The molecule has 0 fully saturated rings.